The van der Waals surface area contributed by atoms with Gasteiger partial charge in [0.1, 0.15) is 16.4 Å². The number of alkyl halides is 3. The molecule has 1 atom stereocenters. The maximum Gasteiger partial charge on any atom is 0.573 e. The van der Waals surface area contributed by atoms with Gasteiger partial charge in [-0.2, -0.15) is 0 Å². The average Bonchev–Trinajstić information content (AvgIpc) is 2.61. The number of hydrogen-bond donors (Lipinski definition) is 1. The molecule has 0 saturated heterocycles. The maximum absolute atomic E-state index is 12.5. The van der Waals surface area contributed by atoms with Crippen molar-refractivity contribution < 1.29 is 35.8 Å². The lowest BCUT2D eigenvalue weighted by molar-refractivity contribution is -0.275. The fraction of sp³-hybridized carbons (Fsp3) is 0.294. The van der Waals surface area contributed by atoms with Crippen molar-refractivity contribution >= 4 is 10.0 Å². The van der Waals surface area contributed by atoms with Crippen molar-refractivity contribution in [2.45, 2.75) is 17.4 Å². The maximum atomic E-state index is 12.5. The first-order chi connectivity index (χ1) is 12.7. The van der Waals surface area contributed by atoms with Gasteiger partial charge in [-0.05, 0) is 18.2 Å². The molecule has 0 aliphatic carbocycles. The Hall–Kier alpha value is -2.30. The summed E-state index contributed by atoms with van der Waals surface area (Å²) in [6.45, 7) is -0.223. The molecule has 0 radical (unpaired) electrons. The van der Waals surface area contributed by atoms with E-state index in [-0.39, 0.29) is 6.54 Å². The molecule has 0 aliphatic rings. The number of sulfonamides is 1. The quantitative estimate of drug-likeness (QED) is 0.730. The molecule has 148 valence electrons. The number of methoxy groups -OCH3 is 2. The van der Waals surface area contributed by atoms with Gasteiger partial charge in [0.15, 0.2) is 0 Å². The minimum Gasteiger partial charge on any atom is -0.496 e. The molecule has 2 aromatic carbocycles. The lowest BCUT2D eigenvalue weighted by Crippen LogP contribution is -2.30. The number of rotatable bonds is 8. The third-order valence-electron chi connectivity index (χ3n) is 3.59. The fourth-order valence-corrected chi connectivity index (χ4v) is 3.56. The lowest BCUT2D eigenvalue weighted by Gasteiger charge is -2.20. The van der Waals surface area contributed by atoms with E-state index < -0.39 is 33.1 Å². The van der Waals surface area contributed by atoms with Crippen molar-refractivity contribution in [3.8, 4) is 11.5 Å². The zero-order valence-electron chi connectivity index (χ0n) is 14.5. The van der Waals surface area contributed by atoms with E-state index in [1.807, 2.05) is 0 Å². The number of nitrogens with one attached hydrogen (secondary N) is 1. The topological polar surface area (TPSA) is 73.9 Å². The van der Waals surface area contributed by atoms with E-state index in [0.29, 0.717) is 11.3 Å². The zero-order chi connectivity index (χ0) is 20.1. The summed E-state index contributed by atoms with van der Waals surface area (Å²) in [6.07, 6.45) is -5.73. The van der Waals surface area contributed by atoms with Crippen LogP contribution in [0.25, 0.3) is 0 Å². The standard InChI is InChI=1S/C17H18F3NO5S/c1-24-13-8-4-3-7-12(13)15(25-2)11-21-27(22,23)16-10-6-5-9-14(16)26-17(18,19)20/h3-10,15,21H,11H2,1-2H3. The number of hydrogen-bond acceptors (Lipinski definition) is 5. The molecule has 2 rings (SSSR count). The van der Waals surface area contributed by atoms with Crippen LogP contribution in [0.2, 0.25) is 0 Å². The zero-order valence-corrected chi connectivity index (χ0v) is 15.3. The lowest BCUT2D eigenvalue weighted by atomic mass is 10.1. The molecule has 0 heterocycles. The molecule has 0 fully saturated rings. The normalized spacial score (nSPS) is 13.2. The van der Waals surface area contributed by atoms with E-state index in [9.17, 15) is 21.6 Å². The summed E-state index contributed by atoms with van der Waals surface area (Å²) in [5, 5.41) is 0. The van der Waals surface area contributed by atoms with Gasteiger partial charge in [-0.3, -0.25) is 0 Å². The number of benzene rings is 2. The van der Waals surface area contributed by atoms with E-state index in [2.05, 4.69) is 9.46 Å². The summed E-state index contributed by atoms with van der Waals surface area (Å²) in [5.74, 6) is -0.326. The highest BCUT2D eigenvalue weighted by Gasteiger charge is 2.34. The van der Waals surface area contributed by atoms with Crippen LogP contribution in [0.15, 0.2) is 53.4 Å². The smallest absolute Gasteiger partial charge is 0.496 e. The van der Waals surface area contributed by atoms with Gasteiger partial charge in [0, 0.05) is 19.2 Å². The molecule has 0 aromatic heterocycles. The number of ether oxygens (including phenoxy) is 3. The Morgan fingerprint density at radius 3 is 2.19 bits per heavy atom. The Balaban J connectivity index is 2.24. The number of para-hydroxylation sites is 2. The largest absolute Gasteiger partial charge is 0.573 e. The highest BCUT2D eigenvalue weighted by molar-refractivity contribution is 7.89. The summed E-state index contributed by atoms with van der Waals surface area (Å²) in [5.41, 5.74) is 0.588. The molecule has 0 spiro atoms. The first kappa shape index (κ1) is 21.0. The molecular formula is C17H18F3NO5S. The Morgan fingerprint density at radius 2 is 1.59 bits per heavy atom. The minimum absolute atomic E-state index is 0.223. The fourth-order valence-electron chi connectivity index (χ4n) is 2.40. The van der Waals surface area contributed by atoms with E-state index >= 15 is 0 Å². The summed E-state index contributed by atoms with van der Waals surface area (Å²) in [6, 6.07) is 11.3. The second-order valence-electron chi connectivity index (χ2n) is 5.31. The van der Waals surface area contributed by atoms with Crippen molar-refractivity contribution in [3.63, 3.8) is 0 Å². The van der Waals surface area contributed by atoms with Crippen LogP contribution in [0, 0.1) is 0 Å². The van der Waals surface area contributed by atoms with Crippen molar-refractivity contribution in [3.05, 3.63) is 54.1 Å². The molecule has 2 aromatic rings. The third-order valence-corrected chi connectivity index (χ3v) is 5.06. The van der Waals surface area contributed by atoms with E-state index in [1.54, 1.807) is 24.3 Å². The molecule has 1 N–H and O–H groups in total. The van der Waals surface area contributed by atoms with Crippen molar-refractivity contribution in [1.82, 2.24) is 4.72 Å². The molecule has 27 heavy (non-hydrogen) atoms. The summed E-state index contributed by atoms with van der Waals surface area (Å²) in [7, 11) is -1.45. The van der Waals surface area contributed by atoms with Crippen molar-refractivity contribution in [2.75, 3.05) is 20.8 Å². The predicted octanol–water partition coefficient (Wildman–Crippen LogP) is 3.26. The second-order valence-corrected chi connectivity index (χ2v) is 7.05. The molecule has 0 saturated carbocycles. The van der Waals surface area contributed by atoms with Gasteiger partial charge in [0.2, 0.25) is 10.0 Å². The molecule has 6 nitrogen and oxygen atoms in total. The van der Waals surface area contributed by atoms with Crippen molar-refractivity contribution in [2.24, 2.45) is 0 Å². The summed E-state index contributed by atoms with van der Waals surface area (Å²) in [4.78, 5) is -0.628. The third kappa shape index (κ3) is 5.59. The van der Waals surface area contributed by atoms with Gasteiger partial charge in [0.25, 0.3) is 0 Å². The monoisotopic (exact) mass is 405 g/mol. The average molecular weight is 405 g/mol. The van der Waals surface area contributed by atoms with Crippen LogP contribution in [-0.2, 0) is 14.8 Å². The van der Waals surface area contributed by atoms with Gasteiger partial charge in [-0.25, -0.2) is 13.1 Å². The van der Waals surface area contributed by atoms with Gasteiger partial charge < -0.3 is 14.2 Å². The first-order valence-corrected chi connectivity index (χ1v) is 9.16. The van der Waals surface area contributed by atoms with Crippen LogP contribution >= 0.6 is 0 Å². The second kappa shape index (κ2) is 8.59. The Morgan fingerprint density at radius 1 is 1.00 bits per heavy atom. The molecule has 0 aliphatic heterocycles. The van der Waals surface area contributed by atoms with Gasteiger partial charge in [-0.15, -0.1) is 13.2 Å². The van der Waals surface area contributed by atoms with Crippen LogP contribution in [-0.4, -0.2) is 35.5 Å². The Kier molecular flexibility index (Phi) is 6.68. The van der Waals surface area contributed by atoms with Crippen LogP contribution in [0.4, 0.5) is 13.2 Å². The molecule has 0 amide bonds. The highest BCUT2D eigenvalue weighted by atomic mass is 32.2. The molecule has 1 unspecified atom stereocenters. The molecule has 10 heteroatoms. The summed E-state index contributed by atoms with van der Waals surface area (Å²) >= 11 is 0. The van der Waals surface area contributed by atoms with E-state index in [0.717, 1.165) is 12.1 Å². The van der Waals surface area contributed by atoms with Crippen LogP contribution < -0.4 is 14.2 Å². The van der Waals surface area contributed by atoms with Crippen molar-refractivity contribution in [1.29, 1.82) is 0 Å². The molecular weight excluding hydrogens is 387 g/mol. The van der Waals surface area contributed by atoms with Gasteiger partial charge >= 0.3 is 6.36 Å². The SMILES string of the molecule is COc1ccccc1C(CNS(=O)(=O)c1ccccc1OC(F)(F)F)OC. The van der Waals surface area contributed by atoms with Crippen LogP contribution in [0.1, 0.15) is 11.7 Å². The van der Waals surface area contributed by atoms with Crippen LogP contribution in [0.3, 0.4) is 0 Å². The first-order valence-electron chi connectivity index (χ1n) is 7.68. The Labute approximate surface area is 154 Å². The summed E-state index contributed by atoms with van der Waals surface area (Å²) < 4.78 is 79.1. The Bertz CT molecular complexity index is 871. The van der Waals surface area contributed by atoms with E-state index in [4.69, 9.17) is 9.47 Å². The van der Waals surface area contributed by atoms with Gasteiger partial charge in [0.05, 0.1) is 13.2 Å². The highest BCUT2D eigenvalue weighted by Crippen LogP contribution is 2.30. The van der Waals surface area contributed by atoms with Crippen LogP contribution in [0.5, 0.6) is 11.5 Å². The minimum atomic E-state index is -5.02. The van der Waals surface area contributed by atoms with Gasteiger partial charge in [-0.1, -0.05) is 30.3 Å². The molecule has 0 bridgehead atoms. The number of halogens is 3. The predicted molar refractivity (Wildman–Crippen MR) is 91.1 cm³/mol. The van der Waals surface area contributed by atoms with E-state index in [1.165, 1.54) is 26.4 Å².